The van der Waals surface area contributed by atoms with Crippen LogP contribution in [0, 0.1) is 0 Å². The van der Waals surface area contributed by atoms with Crippen molar-refractivity contribution in [1.82, 2.24) is 0 Å². The van der Waals surface area contributed by atoms with Crippen LogP contribution < -0.4 is 10.2 Å². The van der Waals surface area contributed by atoms with Gasteiger partial charge in [0.15, 0.2) is 23.9 Å². The van der Waals surface area contributed by atoms with E-state index in [1.54, 1.807) is 24.3 Å². The lowest BCUT2D eigenvalue weighted by Gasteiger charge is -2.09. The maximum Gasteiger partial charge on any atom is 0.341 e. The Morgan fingerprint density at radius 2 is 1.92 bits per heavy atom. The molecule has 0 unspecified atom stereocenters. The molecule has 0 saturated carbocycles. The van der Waals surface area contributed by atoms with Gasteiger partial charge in [0.1, 0.15) is 11.5 Å². The Bertz CT molecular complexity index is 972. The van der Waals surface area contributed by atoms with Crippen LogP contribution in [0.1, 0.15) is 10.4 Å². The predicted molar refractivity (Wildman–Crippen MR) is 86.4 cm³/mol. The summed E-state index contributed by atoms with van der Waals surface area (Å²) in [5, 5.41) is 8.92. The Balaban J connectivity index is 2.21. The fourth-order valence-electron chi connectivity index (χ4n) is 2.34. The van der Waals surface area contributed by atoms with Gasteiger partial charge in [0.2, 0.25) is 0 Å². The average molecular weight is 324 g/mol. The molecule has 3 rings (SSSR count). The highest BCUT2D eigenvalue weighted by molar-refractivity contribution is 5.97. The van der Waals surface area contributed by atoms with E-state index in [9.17, 15) is 14.4 Å². The molecule has 6 nitrogen and oxygen atoms in total. The van der Waals surface area contributed by atoms with Gasteiger partial charge in [-0.25, -0.2) is 4.79 Å². The van der Waals surface area contributed by atoms with Gasteiger partial charge in [-0.3, -0.25) is 9.59 Å². The van der Waals surface area contributed by atoms with Gasteiger partial charge in [-0.2, -0.15) is 0 Å². The monoisotopic (exact) mass is 324 g/mol. The van der Waals surface area contributed by atoms with E-state index in [4.69, 9.17) is 14.3 Å². The Labute approximate surface area is 135 Å². The molecule has 0 fully saturated rings. The molecule has 0 aliphatic heterocycles. The molecule has 0 atom stereocenters. The third kappa shape index (κ3) is 2.89. The molecule has 0 spiro atoms. The van der Waals surface area contributed by atoms with Crippen LogP contribution in [0.2, 0.25) is 0 Å². The summed E-state index contributed by atoms with van der Waals surface area (Å²) in [5.74, 6) is -0.814. The van der Waals surface area contributed by atoms with Crippen LogP contribution >= 0.6 is 0 Å². The smallest absolute Gasteiger partial charge is 0.341 e. The topological polar surface area (TPSA) is 93.8 Å². The van der Waals surface area contributed by atoms with Crippen LogP contribution in [-0.4, -0.2) is 24.0 Å². The molecule has 120 valence electrons. The van der Waals surface area contributed by atoms with Crippen LogP contribution in [0.25, 0.3) is 22.3 Å². The SMILES string of the molecule is O=Cc1c(OCC(=O)O)ccc2c(=O)cc(-c3ccccc3)oc12. The molecule has 0 amide bonds. The zero-order chi connectivity index (χ0) is 17.1. The van der Waals surface area contributed by atoms with Gasteiger partial charge in [0, 0.05) is 11.6 Å². The number of fused-ring (bicyclic) bond motifs is 1. The average Bonchev–Trinajstić information content (AvgIpc) is 2.59. The van der Waals surface area contributed by atoms with Gasteiger partial charge in [-0.05, 0) is 12.1 Å². The summed E-state index contributed by atoms with van der Waals surface area (Å²) >= 11 is 0. The molecule has 0 radical (unpaired) electrons. The number of aliphatic carboxylic acids is 1. The summed E-state index contributed by atoms with van der Waals surface area (Å²) in [6.07, 6.45) is 0.483. The lowest BCUT2D eigenvalue weighted by Crippen LogP contribution is -2.11. The fourth-order valence-corrected chi connectivity index (χ4v) is 2.34. The first-order valence-corrected chi connectivity index (χ1v) is 7.06. The zero-order valence-corrected chi connectivity index (χ0v) is 12.4. The first kappa shape index (κ1) is 15.5. The normalized spacial score (nSPS) is 10.5. The standard InChI is InChI=1S/C18H12O6/c19-9-13-15(23-10-17(21)22)7-6-12-14(20)8-16(24-18(12)13)11-4-2-1-3-5-11/h1-9H,10H2,(H,21,22). The molecule has 0 bridgehead atoms. The fraction of sp³-hybridized carbons (Fsp3) is 0.0556. The van der Waals surface area contributed by atoms with Crippen molar-refractivity contribution in [2.24, 2.45) is 0 Å². The van der Waals surface area contributed by atoms with Gasteiger partial charge in [-0.1, -0.05) is 30.3 Å². The number of rotatable bonds is 5. The lowest BCUT2D eigenvalue weighted by atomic mass is 10.1. The van der Waals surface area contributed by atoms with Crippen molar-refractivity contribution < 1.29 is 23.8 Å². The highest BCUT2D eigenvalue weighted by atomic mass is 16.5. The van der Waals surface area contributed by atoms with E-state index >= 15 is 0 Å². The van der Waals surface area contributed by atoms with Crippen molar-refractivity contribution in [3.8, 4) is 17.1 Å². The van der Waals surface area contributed by atoms with Crippen LogP contribution in [0.4, 0.5) is 0 Å². The van der Waals surface area contributed by atoms with Crippen molar-refractivity contribution in [3.63, 3.8) is 0 Å². The number of carbonyl (C=O) groups excluding carboxylic acids is 1. The number of aldehydes is 1. The molecule has 24 heavy (non-hydrogen) atoms. The summed E-state index contributed by atoms with van der Waals surface area (Å²) in [4.78, 5) is 34.4. The van der Waals surface area contributed by atoms with Crippen LogP contribution in [0.3, 0.4) is 0 Å². The Morgan fingerprint density at radius 1 is 1.17 bits per heavy atom. The maximum absolute atomic E-state index is 12.3. The molecule has 0 saturated heterocycles. The zero-order valence-electron chi connectivity index (χ0n) is 12.4. The highest BCUT2D eigenvalue weighted by Crippen LogP contribution is 2.28. The van der Waals surface area contributed by atoms with E-state index in [1.165, 1.54) is 18.2 Å². The van der Waals surface area contributed by atoms with E-state index in [1.807, 2.05) is 6.07 Å². The molecular formula is C18H12O6. The van der Waals surface area contributed by atoms with Gasteiger partial charge in [0.25, 0.3) is 0 Å². The summed E-state index contributed by atoms with van der Waals surface area (Å²) in [7, 11) is 0. The molecule has 3 aromatic rings. The minimum Gasteiger partial charge on any atom is -0.481 e. The number of carboxylic acids is 1. The second-order valence-electron chi connectivity index (χ2n) is 5.00. The molecule has 2 aromatic carbocycles. The molecule has 1 heterocycles. The number of benzene rings is 2. The number of carboxylic acid groups (broad SMARTS) is 1. The first-order valence-electron chi connectivity index (χ1n) is 7.06. The largest absolute Gasteiger partial charge is 0.481 e. The third-order valence-corrected chi connectivity index (χ3v) is 3.42. The van der Waals surface area contributed by atoms with Crippen molar-refractivity contribution >= 4 is 23.2 Å². The molecule has 6 heteroatoms. The van der Waals surface area contributed by atoms with E-state index in [0.29, 0.717) is 17.6 Å². The first-order chi connectivity index (χ1) is 11.6. The van der Waals surface area contributed by atoms with E-state index in [0.717, 1.165) is 0 Å². The Kier molecular flexibility index (Phi) is 4.11. The van der Waals surface area contributed by atoms with Crippen molar-refractivity contribution in [2.45, 2.75) is 0 Å². The van der Waals surface area contributed by atoms with E-state index in [-0.39, 0.29) is 27.7 Å². The van der Waals surface area contributed by atoms with Crippen molar-refractivity contribution in [3.05, 3.63) is 64.3 Å². The minimum absolute atomic E-state index is 0.00336. The van der Waals surface area contributed by atoms with Gasteiger partial charge >= 0.3 is 5.97 Å². The summed E-state index contributed by atoms with van der Waals surface area (Å²) in [6, 6.07) is 13.2. The van der Waals surface area contributed by atoms with Crippen LogP contribution in [0.5, 0.6) is 5.75 Å². The summed E-state index contributed by atoms with van der Waals surface area (Å²) in [5.41, 5.74) is 0.455. The van der Waals surface area contributed by atoms with Gasteiger partial charge < -0.3 is 14.3 Å². The molecular weight excluding hydrogens is 312 g/mol. The second-order valence-corrected chi connectivity index (χ2v) is 5.00. The number of hydrogen-bond acceptors (Lipinski definition) is 5. The van der Waals surface area contributed by atoms with E-state index in [2.05, 4.69) is 0 Å². The molecule has 1 N–H and O–H groups in total. The second kappa shape index (κ2) is 6.37. The highest BCUT2D eigenvalue weighted by Gasteiger charge is 2.15. The molecule has 0 aliphatic carbocycles. The Hall–Kier alpha value is -3.41. The minimum atomic E-state index is -1.17. The summed E-state index contributed by atoms with van der Waals surface area (Å²) < 4.78 is 10.8. The number of ether oxygens (including phenoxy) is 1. The maximum atomic E-state index is 12.3. The third-order valence-electron chi connectivity index (χ3n) is 3.42. The quantitative estimate of drug-likeness (QED) is 0.725. The van der Waals surface area contributed by atoms with Gasteiger partial charge in [-0.15, -0.1) is 0 Å². The lowest BCUT2D eigenvalue weighted by molar-refractivity contribution is -0.139. The van der Waals surface area contributed by atoms with Crippen LogP contribution in [0.15, 0.2) is 57.7 Å². The van der Waals surface area contributed by atoms with Crippen molar-refractivity contribution in [1.29, 1.82) is 0 Å². The Morgan fingerprint density at radius 3 is 2.58 bits per heavy atom. The number of hydrogen-bond donors (Lipinski definition) is 1. The van der Waals surface area contributed by atoms with Crippen molar-refractivity contribution in [2.75, 3.05) is 6.61 Å². The summed E-state index contributed by atoms with van der Waals surface area (Å²) in [6.45, 7) is -0.602. The van der Waals surface area contributed by atoms with Gasteiger partial charge in [0.05, 0.1) is 10.9 Å². The van der Waals surface area contributed by atoms with E-state index < -0.39 is 12.6 Å². The predicted octanol–water partition coefficient (Wildman–Crippen LogP) is 2.74. The van der Waals surface area contributed by atoms with Crippen LogP contribution in [-0.2, 0) is 4.79 Å². The molecule has 1 aromatic heterocycles. The molecule has 0 aliphatic rings. The number of carbonyl (C=O) groups is 2.